The molecule has 0 radical (unpaired) electrons. The molecule has 19 heavy (non-hydrogen) atoms. The maximum Gasteiger partial charge on any atom is 0.356 e. The van der Waals surface area contributed by atoms with Crippen molar-refractivity contribution in [1.29, 1.82) is 0 Å². The molecule has 0 bridgehead atoms. The first-order chi connectivity index (χ1) is 9.19. The van der Waals surface area contributed by atoms with Crippen LogP contribution in [-0.2, 0) is 4.74 Å². The molecule has 0 saturated heterocycles. The van der Waals surface area contributed by atoms with Crippen LogP contribution >= 0.6 is 0 Å². The lowest BCUT2D eigenvalue weighted by Crippen LogP contribution is -2.04. The number of esters is 1. The van der Waals surface area contributed by atoms with Gasteiger partial charge in [-0.05, 0) is 37.0 Å². The minimum Gasteiger partial charge on any atom is -0.464 e. The number of aromatic nitrogens is 3. The number of methoxy groups -OCH3 is 1. The maximum atomic E-state index is 11.5. The standard InChI is InChI=1S/C14H15N3O2/c1-9-6-15-13(14(18)19-2)5-12(9)10-7-16-17(8-10)11-3-4-11/h5-8,11H,3-4H2,1-2H3. The number of hydrogen-bond donors (Lipinski definition) is 0. The number of carbonyl (C=O) groups is 1. The Kier molecular flexibility index (Phi) is 2.81. The van der Waals surface area contributed by atoms with Gasteiger partial charge in [0.15, 0.2) is 0 Å². The Morgan fingerprint density at radius 3 is 2.89 bits per heavy atom. The molecule has 0 atom stereocenters. The third-order valence-corrected chi connectivity index (χ3v) is 3.33. The Balaban J connectivity index is 1.99. The number of nitrogens with zero attached hydrogens (tertiary/aromatic N) is 3. The zero-order valence-corrected chi connectivity index (χ0v) is 11.0. The van der Waals surface area contributed by atoms with Gasteiger partial charge in [0.2, 0.25) is 0 Å². The third kappa shape index (κ3) is 2.23. The van der Waals surface area contributed by atoms with Gasteiger partial charge in [0.05, 0.1) is 19.3 Å². The molecule has 0 N–H and O–H groups in total. The first-order valence-electron chi connectivity index (χ1n) is 6.28. The summed E-state index contributed by atoms with van der Waals surface area (Å²) in [5.74, 6) is -0.421. The lowest BCUT2D eigenvalue weighted by atomic mass is 10.1. The maximum absolute atomic E-state index is 11.5. The minimum atomic E-state index is -0.421. The van der Waals surface area contributed by atoms with E-state index in [2.05, 4.69) is 10.1 Å². The first kappa shape index (κ1) is 11.9. The van der Waals surface area contributed by atoms with Crippen molar-refractivity contribution in [3.8, 4) is 11.1 Å². The smallest absolute Gasteiger partial charge is 0.356 e. The van der Waals surface area contributed by atoms with Crippen molar-refractivity contribution in [2.24, 2.45) is 0 Å². The van der Waals surface area contributed by atoms with Crippen molar-refractivity contribution in [3.05, 3.63) is 35.9 Å². The van der Waals surface area contributed by atoms with Crippen molar-refractivity contribution >= 4 is 5.97 Å². The molecule has 2 aromatic rings. The predicted molar refractivity (Wildman–Crippen MR) is 69.8 cm³/mol. The van der Waals surface area contributed by atoms with Gasteiger partial charge in [-0.15, -0.1) is 0 Å². The van der Waals surface area contributed by atoms with E-state index >= 15 is 0 Å². The molecule has 0 aliphatic heterocycles. The third-order valence-electron chi connectivity index (χ3n) is 3.33. The Morgan fingerprint density at radius 2 is 2.21 bits per heavy atom. The van der Waals surface area contributed by atoms with E-state index < -0.39 is 5.97 Å². The van der Waals surface area contributed by atoms with Crippen molar-refractivity contribution < 1.29 is 9.53 Å². The van der Waals surface area contributed by atoms with Gasteiger partial charge >= 0.3 is 5.97 Å². The summed E-state index contributed by atoms with van der Waals surface area (Å²) in [4.78, 5) is 15.6. The summed E-state index contributed by atoms with van der Waals surface area (Å²) in [6, 6.07) is 2.31. The molecule has 5 heteroatoms. The highest BCUT2D eigenvalue weighted by atomic mass is 16.5. The van der Waals surface area contributed by atoms with E-state index in [1.54, 1.807) is 12.3 Å². The second-order valence-electron chi connectivity index (χ2n) is 4.82. The number of aryl methyl sites for hydroxylation is 1. The van der Waals surface area contributed by atoms with Gasteiger partial charge < -0.3 is 4.74 Å². The quantitative estimate of drug-likeness (QED) is 0.792. The molecule has 1 fully saturated rings. The Labute approximate surface area is 111 Å². The molecule has 98 valence electrons. The summed E-state index contributed by atoms with van der Waals surface area (Å²) in [6.07, 6.45) is 7.95. The van der Waals surface area contributed by atoms with Crippen LogP contribution < -0.4 is 0 Å². The summed E-state index contributed by atoms with van der Waals surface area (Å²) >= 11 is 0. The van der Waals surface area contributed by atoms with Gasteiger partial charge in [0, 0.05) is 18.0 Å². The van der Waals surface area contributed by atoms with Crippen molar-refractivity contribution in [1.82, 2.24) is 14.8 Å². The van der Waals surface area contributed by atoms with Crippen LogP contribution in [-0.4, -0.2) is 27.8 Å². The second kappa shape index (κ2) is 4.50. The fraction of sp³-hybridized carbons (Fsp3) is 0.357. The van der Waals surface area contributed by atoms with Crippen molar-refractivity contribution in [2.45, 2.75) is 25.8 Å². The van der Waals surface area contributed by atoms with Gasteiger partial charge in [-0.2, -0.15) is 5.10 Å². The lowest BCUT2D eigenvalue weighted by Gasteiger charge is -2.05. The Morgan fingerprint density at radius 1 is 1.42 bits per heavy atom. The van der Waals surface area contributed by atoms with E-state index in [9.17, 15) is 4.79 Å². The molecular weight excluding hydrogens is 242 g/mol. The molecule has 1 aliphatic rings. The summed E-state index contributed by atoms with van der Waals surface area (Å²) in [5.41, 5.74) is 3.32. The number of hydrogen-bond acceptors (Lipinski definition) is 4. The zero-order valence-electron chi connectivity index (χ0n) is 11.0. The number of rotatable bonds is 3. The molecule has 0 amide bonds. The van der Waals surface area contributed by atoms with E-state index in [1.165, 1.54) is 20.0 Å². The average Bonchev–Trinajstić information content (AvgIpc) is 3.17. The van der Waals surface area contributed by atoms with Crippen molar-refractivity contribution in [3.63, 3.8) is 0 Å². The summed E-state index contributed by atoms with van der Waals surface area (Å²) in [6.45, 7) is 1.97. The van der Waals surface area contributed by atoms with Crippen LogP contribution in [0.3, 0.4) is 0 Å². The monoisotopic (exact) mass is 257 g/mol. The predicted octanol–water partition coefficient (Wildman–Crippen LogP) is 2.38. The fourth-order valence-electron chi connectivity index (χ4n) is 2.07. The minimum absolute atomic E-state index is 0.322. The number of ether oxygens (including phenoxy) is 1. The number of carbonyl (C=O) groups excluding carboxylic acids is 1. The largest absolute Gasteiger partial charge is 0.464 e. The molecule has 0 aromatic carbocycles. The van der Waals surface area contributed by atoms with Gasteiger partial charge in [0.25, 0.3) is 0 Å². The fourth-order valence-corrected chi connectivity index (χ4v) is 2.07. The van der Waals surface area contributed by atoms with Crippen LogP contribution in [0.25, 0.3) is 11.1 Å². The molecule has 1 saturated carbocycles. The van der Waals surface area contributed by atoms with Gasteiger partial charge in [-0.25, -0.2) is 9.78 Å². The van der Waals surface area contributed by atoms with Crippen LogP contribution in [0.4, 0.5) is 0 Å². The number of pyridine rings is 1. The van der Waals surface area contributed by atoms with E-state index in [-0.39, 0.29) is 0 Å². The summed E-state index contributed by atoms with van der Waals surface area (Å²) < 4.78 is 6.69. The van der Waals surface area contributed by atoms with Gasteiger partial charge in [-0.1, -0.05) is 0 Å². The highest BCUT2D eigenvalue weighted by Gasteiger charge is 2.24. The molecule has 0 spiro atoms. The molecule has 0 unspecified atom stereocenters. The van der Waals surface area contributed by atoms with Crippen LogP contribution in [0.15, 0.2) is 24.7 Å². The van der Waals surface area contributed by atoms with E-state index in [4.69, 9.17) is 4.74 Å². The van der Waals surface area contributed by atoms with Gasteiger partial charge in [0.1, 0.15) is 5.69 Å². The summed E-state index contributed by atoms with van der Waals surface area (Å²) in [7, 11) is 1.36. The van der Waals surface area contributed by atoms with E-state index in [1.807, 2.05) is 24.0 Å². The highest BCUT2D eigenvalue weighted by molar-refractivity contribution is 5.89. The lowest BCUT2D eigenvalue weighted by molar-refractivity contribution is 0.0594. The van der Waals surface area contributed by atoms with Crippen LogP contribution in [0.2, 0.25) is 0 Å². The Hall–Kier alpha value is -2.17. The molecular formula is C14H15N3O2. The molecule has 3 rings (SSSR count). The molecule has 2 heterocycles. The normalized spacial score (nSPS) is 14.4. The van der Waals surface area contributed by atoms with Crippen molar-refractivity contribution in [2.75, 3.05) is 7.11 Å². The zero-order chi connectivity index (χ0) is 13.4. The average molecular weight is 257 g/mol. The SMILES string of the molecule is COC(=O)c1cc(-c2cnn(C3CC3)c2)c(C)cn1. The van der Waals surface area contributed by atoms with Crippen LogP contribution in [0.5, 0.6) is 0 Å². The van der Waals surface area contributed by atoms with E-state index in [0.717, 1.165) is 16.7 Å². The van der Waals surface area contributed by atoms with Crippen LogP contribution in [0, 0.1) is 6.92 Å². The van der Waals surface area contributed by atoms with Crippen LogP contribution in [0.1, 0.15) is 34.9 Å². The van der Waals surface area contributed by atoms with Gasteiger partial charge in [-0.3, -0.25) is 4.68 Å². The Bertz CT molecular complexity index is 629. The highest BCUT2D eigenvalue weighted by Crippen LogP contribution is 2.35. The molecule has 1 aliphatic carbocycles. The summed E-state index contributed by atoms with van der Waals surface area (Å²) in [5, 5.41) is 4.37. The second-order valence-corrected chi connectivity index (χ2v) is 4.82. The molecule has 5 nitrogen and oxygen atoms in total. The molecule has 2 aromatic heterocycles. The topological polar surface area (TPSA) is 57.0 Å². The van der Waals surface area contributed by atoms with E-state index in [0.29, 0.717) is 11.7 Å². The first-order valence-corrected chi connectivity index (χ1v) is 6.28.